The smallest absolute Gasteiger partial charge is 0.223 e. The van der Waals surface area contributed by atoms with Crippen molar-refractivity contribution >= 4 is 23.0 Å². The Hall–Kier alpha value is -1.16. The molecule has 0 bridgehead atoms. The van der Waals surface area contributed by atoms with Crippen molar-refractivity contribution in [2.75, 3.05) is 13.1 Å². The van der Waals surface area contributed by atoms with Crippen LogP contribution in [0.2, 0.25) is 0 Å². The highest BCUT2D eigenvalue weighted by molar-refractivity contribution is 7.12. The van der Waals surface area contributed by atoms with Gasteiger partial charge in [0.1, 0.15) is 0 Å². The van der Waals surface area contributed by atoms with Crippen LogP contribution in [0.3, 0.4) is 0 Å². The maximum atomic E-state index is 12.3. The van der Waals surface area contributed by atoms with Crippen molar-refractivity contribution < 1.29 is 9.59 Å². The zero-order valence-electron chi connectivity index (χ0n) is 12.4. The van der Waals surface area contributed by atoms with Crippen molar-refractivity contribution in [2.45, 2.75) is 46.0 Å². The first-order chi connectivity index (χ1) is 9.48. The average molecular weight is 293 g/mol. The standard InChI is InChI=1S/C16H23NO2S/c1-16(2,11-13(18)14-7-6-10-20-14)12-15(19)17-8-4-3-5-9-17/h6-7,10H,3-5,8-9,11-12H2,1-2H3. The Bertz CT molecular complexity index is 459. The molecule has 0 saturated carbocycles. The van der Waals surface area contributed by atoms with Crippen LogP contribution in [0.1, 0.15) is 55.6 Å². The molecule has 1 aromatic rings. The third kappa shape index (κ3) is 4.17. The normalized spacial score (nSPS) is 16.2. The maximum Gasteiger partial charge on any atom is 0.223 e. The van der Waals surface area contributed by atoms with E-state index in [1.165, 1.54) is 17.8 Å². The summed E-state index contributed by atoms with van der Waals surface area (Å²) in [6.45, 7) is 5.79. The van der Waals surface area contributed by atoms with Crippen LogP contribution in [-0.2, 0) is 4.79 Å². The molecule has 0 N–H and O–H groups in total. The third-order valence-corrected chi connectivity index (χ3v) is 4.68. The van der Waals surface area contributed by atoms with Crippen LogP contribution in [-0.4, -0.2) is 29.7 Å². The number of carbonyl (C=O) groups is 2. The molecule has 2 heterocycles. The molecule has 1 saturated heterocycles. The number of nitrogens with zero attached hydrogens (tertiary/aromatic N) is 1. The van der Waals surface area contributed by atoms with Gasteiger partial charge < -0.3 is 4.90 Å². The molecule has 1 aliphatic rings. The lowest BCUT2D eigenvalue weighted by molar-refractivity contribution is -0.134. The number of Topliss-reactive ketones (excluding diaryl/α,β-unsaturated/α-hetero) is 1. The molecule has 1 fully saturated rings. The number of likely N-dealkylation sites (tertiary alicyclic amines) is 1. The summed E-state index contributed by atoms with van der Waals surface area (Å²) in [7, 11) is 0. The molecular formula is C16H23NO2S. The van der Waals surface area contributed by atoms with E-state index in [1.54, 1.807) is 0 Å². The molecule has 3 nitrogen and oxygen atoms in total. The number of ketones is 1. The summed E-state index contributed by atoms with van der Waals surface area (Å²) in [4.78, 5) is 27.2. The van der Waals surface area contributed by atoms with Gasteiger partial charge in [-0.3, -0.25) is 9.59 Å². The molecule has 1 amide bonds. The fourth-order valence-electron chi connectivity index (χ4n) is 2.69. The van der Waals surface area contributed by atoms with Crippen molar-refractivity contribution in [3.8, 4) is 0 Å². The van der Waals surface area contributed by atoms with Gasteiger partial charge in [-0.25, -0.2) is 0 Å². The number of piperidine rings is 1. The van der Waals surface area contributed by atoms with Gasteiger partial charge in [-0.15, -0.1) is 11.3 Å². The summed E-state index contributed by atoms with van der Waals surface area (Å²) < 4.78 is 0. The predicted octanol–water partition coefficient (Wildman–Crippen LogP) is 3.75. The van der Waals surface area contributed by atoms with Crippen LogP contribution < -0.4 is 0 Å². The molecule has 4 heteroatoms. The summed E-state index contributed by atoms with van der Waals surface area (Å²) in [5.74, 6) is 0.352. The van der Waals surface area contributed by atoms with Crippen molar-refractivity contribution in [3.05, 3.63) is 22.4 Å². The van der Waals surface area contributed by atoms with Gasteiger partial charge in [-0.2, -0.15) is 0 Å². The molecule has 0 spiro atoms. The highest BCUT2D eigenvalue weighted by Gasteiger charge is 2.28. The fraction of sp³-hybridized carbons (Fsp3) is 0.625. The van der Waals surface area contributed by atoms with E-state index >= 15 is 0 Å². The Morgan fingerprint density at radius 3 is 2.50 bits per heavy atom. The molecule has 1 aromatic heterocycles. The van der Waals surface area contributed by atoms with Gasteiger partial charge in [0, 0.05) is 25.9 Å². The SMILES string of the molecule is CC(C)(CC(=O)c1cccs1)CC(=O)N1CCCCC1. The quantitative estimate of drug-likeness (QED) is 0.775. The topological polar surface area (TPSA) is 37.4 Å². The Morgan fingerprint density at radius 1 is 1.20 bits per heavy atom. The van der Waals surface area contributed by atoms with Crippen molar-refractivity contribution in [1.29, 1.82) is 0 Å². The molecule has 2 rings (SSSR count). The van der Waals surface area contributed by atoms with E-state index < -0.39 is 0 Å². The molecule has 1 aliphatic heterocycles. The Kier molecular flexibility index (Phi) is 4.97. The predicted molar refractivity (Wildman–Crippen MR) is 82.1 cm³/mol. The van der Waals surface area contributed by atoms with Crippen LogP contribution in [0.25, 0.3) is 0 Å². The van der Waals surface area contributed by atoms with Gasteiger partial charge in [0.15, 0.2) is 5.78 Å². The lowest BCUT2D eigenvalue weighted by atomic mass is 9.83. The van der Waals surface area contributed by atoms with E-state index in [0.29, 0.717) is 12.8 Å². The molecule has 0 aliphatic carbocycles. The van der Waals surface area contributed by atoms with Crippen LogP contribution in [0.5, 0.6) is 0 Å². The Labute approximate surface area is 125 Å². The van der Waals surface area contributed by atoms with Crippen LogP contribution >= 0.6 is 11.3 Å². The fourth-order valence-corrected chi connectivity index (χ4v) is 3.35. The summed E-state index contributed by atoms with van der Waals surface area (Å²) >= 11 is 1.47. The largest absolute Gasteiger partial charge is 0.343 e. The Balaban J connectivity index is 1.89. The van der Waals surface area contributed by atoms with Gasteiger partial charge in [-0.1, -0.05) is 19.9 Å². The minimum absolute atomic E-state index is 0.149. The van der Waals surface area contributed by atoms with Crippen molar-refractivity contribution in [1.82, 2.24) is 4.90 Å². The monoisotopic (exact) mass is 293 g/mol. The van der Waals surface area contributed by atoms with Gasteiger partial charge in [0.25, 0.3) is 0 Å². The van der Waals surface area contributed by atoms with Gasteiger partial charge in [0.05, 0.1) is 4.88 Å². The average Bonchev–Trinajstić information content (AvgIpc) is 2.92. The molecule has 0 unspecified atom stereocenters. The second-order valence-electron chi connectivity index (χ2n) is 6.36. The van der Waals surface area contributed by atoms with E-state index in [1.807, 2.05) is 36.3 Å². The van der Waals surface area contributed by atoms with Gasteiger partial charge in [0.2, 0.25) is 5.91 Å². The number of hydrogen-bond acceptors (Lipinski definition) is 3. The van der Waals surface area contributed by atoms with E-state index in [0.717, 1.165) is 30.8 Å². The first kappa shape index (κ1) is 15.2. The zero-order valence-corrected chi connectivity index (χ0v) is 13.2. The first-order valence-electron chi connectivity index (χ1n) is 7.32. The maximum absolute atomic E-state index is 12.3. The van der Waals surface area contributed by atoms with Gasteiger partial charge in [-0.05, 0) is 36.1 Å². The van der Waals surface area contributed by atoms with Crippen LogP contribution in [0.15, 0.2) is 17.5 Å². The second-order valence-corrected chi connectivity index (χ2v) is 7.31. The molecule has 0 radical (unpaired) electrons. The first-order valence-corrected chi connectivity index (χ1v) is 8.20. The number of amides is 1. The summed E-state index contributed by atoms with van der Waals surface area (Å²) in [5, 5.41) is 1.92. The lowest BCUT2D eigenvalue weighted by Gasteiger charge is -2.31. The molecule has 20 heavy (non-hydrogen) atoms. The van der Waals surface area contributed by atoms with E-state index in [4.69, 9.17) is 0 Å². The van der Waals surface area contributed by atoms with Crippen molar-refractivity contribution in [3.63, 3.8) is 0 Å². The minimum Gasteiger partial charge on any atom is -0.343 e. The molecule has 0 atom stereocenters. The minimum atomic E-state index is -0.268. The van der Waals surface area contributed by atoms with Crippen molar-refractivity contribution in [2.24, 2.45) is 5.41 Å². The highest BCUT2D eigenvalue weighted by Crippen LogP contribution is 2.29. The number of thiophene rings is 1. The number of rotatable bonds is 5. The van der Waals surface area contributed by atoms with E-state index in [9.17, 15) is 9.59 Å². The van der Waals surface area contributed by atoms with E-state index in [-0.39, 0.29) is 17.1 Å². The van der Waals surface area contributed by atoms with E-state index in [2.05, 4.69) is 0 Å². The Morgan fingerprint density at radius 2 is 1.90 bits per heavy atom. The molecule has 0 aromatic carbocycles. The number of carbonyl (C=O) groups excluding carboxylic acids is 2. The summed E-state index contributed by atoms with van der Waals surface area (Å²) in [6, 6.07) is 3.75. The zero-order chi connectivity index (χ0) is 14.6. The summed E-state index contributed by atoms with van der Waals surface area (Å²) in [5.41, 5.74) is -0.268. The van der Waals surface area contributed by atoms with Gasteiger partial charge >= 0.3 is 0 Å². The lowest BCUT2D eigenvalue weighted by Crippen LogP contribution is -2.38. The highest BCUT2D eigenvalue weighted by atomic mass is 32.1. The second kappa shape index (κ2) is 6.53. The van der Waals surface area contributed by atoms with Crippen LogP contribution in [0, 0.1) is 5.41 Å². The molecule has 110 valence electrons. The number of hydrogen-bond donors (Lipinski definition) is 0. The third-order valence-electron chi connectivity index (χ3n) is 3.77. The van der Waals surface area contributed by atoms with Crippen LogP contribution in [0.4, 0.5) is 0 Å². The molecular weight excluding hydrogens is 270 g/mol. The summed E-state index contributed by atoms with van der Waals surface area (Å²) in [6.07, 6.45) is 4.35.